The molecule has 0 N–H and O–H groups in total. The van der Waals surface area contributed by atoms with Crippen molar-refractivity contribution in [3.8, 4) is 11.1 Å². The summed E-state index contributed by atoms with van der Waals surface area (Å²) in [6, 6.07) is 15.2. The largest absolute Gasteiger partial charge is 0.368 e. The molecule has 2 aromatic rings. The van der Waals surface area contributed by atoms with Gasteiger partial charge in [-0.1, -0.05) is 35.9 Å². The molecule has 2 saturated heterocycles. The molecule has 6 heteroatoms. The van der Waals surface area contributed by atoms with Gasteiger partial charge >= 0.3 is 0 Å². The Kier molecular flexibility index (Phi) is 5.64. The topological polar surface area (TPSA) is 49.9 Å². The Morgan fingerprint density at radius 3 is 2.29 bits per heavy atom. The molecule has 0 aliphatic carbocycles. The third kappa shape index (κ3) is 4.05. The van der Waals surface area contributed by atoms with Crippen LogP contribution in [0.15, 0.2) is 48.5 Å². The van der Waals surface area contributed by atoms with Crippen molar-refractivity contribution in [1.29, 1.82) is 0 Å². The third-order valence-corrected chi connectivity index (χ3v) is 5.61. The molecule has 28 heavy (non-hydrogen) atoms. The van der Waals surface area contributed by atoms with Gasteiger partial charge in [0.25, 0.3) is 11.8 Å². The number of rotatable bonds is 3. The van der Waals surface area contributed by atoms with Gasteiger partial charge in [-0.25, -0.2) is 0 Å². The normalized spacial score (nSPS) is 19.7. The number of ether oxygens (including phenoxy) is 1. The molecule has 0 bridgehead atoms. The van der Waals surface area contributed by atoms with Gasteiger partial charge in [0.2, 0.25) is 0 Å². The Hall–Kier alpha value is -2.37. The summed E-state index contributed by atoms with van der Waals surface area (Å²) in [4.78, 5) is 28.9. The average Bonchev–Trinajstić information content (AvgIpc) is 3.28. The van der Waals surface area contributed by atoms with Crippen molar-refractivity contribution in [2.45, 2.75) is 18.9 Å². The summed E-state index contributed by atoms with van der Waals surface area (Å²) >= 11 is 6.06. The summed E-state index contributed by atoms with van der Waals surface area (Å²) in [5, 5.41) is 0.688. The van der Waals surface area contributed by atoms with Gasteiger partial charge in [0.15, 0.2) is 0 Å². The summed E-state index contributed by atoms with van der Waals surface area (Å²) in [6.45, 7) is 2.89. The highest BCUT2D eigenvalue weighted by atomic mass is 35.5. The second kappa shape index (κ2) is 8.33. The summed E-state index contributed by atoms with van der Waals surface area (Å²) in [7, 11) is 0. The Labute approximate surface area is 169 Å². The molecule has 0 aromatic heterocycles. The molecule has 2 aliphatic rings. The minimum Gasteiger partial charge on any atom is -0.368 e. The first-order chi connectivity index (χ1) is 13.6. The van der Waals surface area contributed by atoms with Crippen LogP contribution in [0.4, 0.5) is 0 Å². The Balaban J connectivity index is 1.36. The number of carbonyl (C=O) groups excluding carboxylic acids is 2. The quantitative estimate of drug-likeness (QED) is 0.795. The lowest BCUT2D eigenvalue weighted by molar-refractivity contribution is -0.142. The highest BCUT2D eigenvalue weighted by Gasteiger charge is 2.31. The summed E-state index contributed by atoms with van der Waals surface area (Å²) in [5.74, 6) is 0.0670. The van der Waals surface area contributed by atoms with E-state index in [-0.39, 0.29) is 17.9 Å². The van der Waals surface area contributed by atoms with Crippen LogP contribution in [-0.4, -0.2) is 60.5 Å². The molecule has 0 spiro atoms. The van der Waals surface area contributed by atoms with E-state index in [4.69, 9.17) is 16.3 Å². The summed E-state index contributed by atoms with van der Waals surface area (Å²) in [5.41, 5.74) is 2.70. The Morgan fingerprint density at radius 2 is 1.64 bits per heavy atom. The van der Waals surface area contributed by atoms with E-state index >= 15 is 0 Å². The molecule has 4 rings (SSSR count). The van der Waals surface area contributed by atoms with Crippen LogP contribution >= 0.6 is 11.6 Å². The van der Waals surface area contributed by atoms with Crippen molar-refractivity contribution in [3.05, 3.63) is 59.1 Å². The van der Waals surface area contributed by atoms with Crippen molar-refractivity contribution in [3.63, 3.8) is 0 Å². The first-order valence-corrected chi connectivity index (χ1v) is 10.1. The monoisotopic (exact) mass is 398 g/mol. The van der Waals surface area contributed by atoms with Gasteiger partial charge < -0.3 is 14.5 Å². The highest BCUT2D eigenvalue weighted by Crippen LogP contribution is 2.23. The molecular weight excluding hydrogens is 376 g/mol. The fourth-order valence-corrected chi connectivity index (χ4v) is 3.95. The van der Waals surface area contributed by atoms with E-state index in [1.165, 1.54) is 0 Å². The molecule has 2 aromatic carbocycles. The van der Waals surface area contributed by atoms with Crippen LogP contribution in [0, 0.1) is 0 Å². The number of piperazine rings is 1. The van der Waals surface area contributed by atoms with E-state index in [9.17, 15) is 9.59 Å². The fraction of sp³-hybridized carbons (Fsp3) is 0.364. The van der Waals surface area contributed by atoms with Crippen molar-refractivity contribution >= 4 is 23.4 Å². The van der Waals surface area contributed by atoms with Gasteiger partial charge in [-0.3, -0.25) is 9.59 Å². The van der Waals surface area contributed by atoms with E-state index in [1.54, 1.807) is 0 Å². The maximum Gasteiger partial charge on any atom is 0.253 e. The number of hydrogen-bond donors (Lipinski definition) is 0. The van der Waals surface area contributed by atoms with Gasteiger partial charge in [-0.15, -0.1) is 0 Å². The van der Waals surface area contributed by atoms with E-state index in [0.29, 0.717) is 43.4 Å². The highest BCUT2D eigenvalue weighted by molar-refractivity contribution is 6.30. The van der Waals surface area contributed by atoms with Gasteiger partial charge in [0, 0.05) is 43.4 Å². The van der Waals surface area contributed by atoms with Crippen molar-refractivity contribution < 1.29 is 14.3 Å². The molecule has 1 atom stereocenters. The number of carbonyl (C=O) groups is 2. The van der Waals surface area contributed by atoms with Crippen LogP contribution in [-0.2, 0) is 9.53 Å². The summed E-state index contributed by atoms with van der Waals surface area (Å²) < 4.78 is 5.49. The predicted octanol–water partition coefficient (Wildman–Crippen LogP) is 3.47. The van der Waals surface area contributed by atoms with Gasteiger partial charge in [-0.05, 0) is 48.2 Å². The Morgan fingerprint density at radius 1 is 0.929 bits per heavy atom. The van der Waals surface area contributed by atoms with Crippen LogP contribution in [0.2, 0.25) is 5.02 Å². The number of benzene rings is 2. The van der Waals surface area contributed by atoms with E-state index < -0.39 is 0 Å². The standard InChI is InChI=1S/C22H23ClN2O3/c23-19-4-1-3-18(15-19)16-6-8-17(9-7-16)21(26)24-10-12-25(13-11-24)22(27)20-5-2-14-28-20/h1,3-4,6-9,15,20H,2,5,10-14H2/t20-/m0/s1. The molecule has 0 unspecified atom stereocenters. The van der Waals surface area contributed by atoms with E-state index in [1.807, 2.05) is 58.3 Å². The van der Waals surface area contributed by atoms with Crippen LogP contribution in [0.5, 0.6) is 0 Å². The molecule has 0 radical (unpaired) electrons. The molecule has 2 heterocycles. The lowest BCUT2D eigenvalue weighted by Gasteiger charge is -2.35. The zero-order valence-corrected chi connectivity index (χ0v) is 16.4. The minimum absolute atomic E-state index is 0.00172. The lowest BCUT2D eigenvalue weighted by atomic mass is 10.0. The van der Waals surface area contributed by atoms with Gasteiger partial charge in [0.05, 0.1) is 0 Å². The molecule has 2 amide bonds. The van der Waals surface area contributed by atoms with Crippen molar-refractivity contribution in [2.24, 2.45) is 0 Å². The zero-order chi connectivity index (χ0) is 19.5. The molecule has 5 nitrogen and oxygen atoms in total. The van der Waals surface area contributed by atoms with Crippen LogP contribution in [0.3, 0.4) is 0 Å². The van der Waals surface area contributed by atoms with Gasteiger partial charge in [-0.2, -0.15) is 0 Å². The van der Waals surface area contributed by atoms with Crippen LogP contribution in [0.25, 0.3) is 11.1 Å². The Bertz CT molecular complexity index is 854. The van der Waals surface area contributed by atoms with Crippen LogP contribution in [0.1, 0.15) is 23.2 Å². The smallest absolute Gasteiger partial charge is 0.253 e. The number of hydrogen-bond acceptors (Lipinski definition) is 3. The van der Waals surface area contributed by atoms with Crippen molar-refractivity contribution in [1.82, 2.24) is 9.80 Å². The van der Waals surface area contributed by atoms with E-state index in [0.717, 1.165) is 24.0 Å². The first kappa shape index (κ1) is 19.0. The molecule has 2 aliphatic heterocycles. The number of halogens is 1. The van der Waals surface area contributed by atoms with Gasteiger partial charge in [0.1, 0.15) is 6.10 Å². The lowest BCUT2D eigenvalue weighted by Crippen LogP contribution is -2.52. The number of nitrogens with zero attached hydrogens (tertiary/aromatic N) is 2. The first-order valence-electron chi connectivity index (χ1n) is 9.67. The zero-order valence-electron chi connectivity index (χ0n) is 15.6. The van der Waals surface area contributed by atoms with Crippen molar-refractivity contribution in [2.75, 3.05) is 32.8 Å². The third-order valence-electron chi connectivity index (χ3n) is 5.37. The predicted molar refractivity (Wildman–Crippen MR) is 108 cm³/mol. The maximum absolute atomic E-state index is 12.8. The van der Waals surface area contributed by atoms with Crippen LogP contribution < -0.4 is 0 Å². The minimum atomic E-state index is -0.290. The average molecular weight is 399 g/mol. The molecule has 2 fully saturated rings. The second-order valence-corrected chi connectivity index (χ2v) is 7.64. The van der Waals surface area contributed by atoms with E-state index in [2.05, 4.69) is 0 Å². The molecule has 0 saturated carbocycles. The fourth-order valence-electron chi connectivity index (χ4n) is 3.76. The maximum atomic E-state index is 12.8. The molecular formula is C22H23ClN2O3. The molecule has 146 valence electrons. The SMILES string of the molecule is O=C(c1ccc(-c2cccc(Cl)c2)cc1)N1CCN(C(=O)[C@@H]2CCCO2)CC1. The second-order valence-electron chi connectivity index (χ2n) is 7.21. The number of amides is 2. The summed E-state index contributed by atoms with van der Waals surface area (Å²) in [6.07, 6.45) is 1.46.